The number of hydrogen-bond acceptors (Lipinski definition) is 6. The zero-order chi connectivity index (χ0) is 12.8. The fourth-order valence-electron chi connectivity index (χ4n) is 1.42. The van der Waals surface area contributed by atoms with Crippen LogP contribution in [0, 0.1) is 10.7 Å². The van der Waals surface area contributed by atoms with E-state index in [0.717, 1.165) is 11.8 Å². The van der Waals surface area contributed by atoms with Crippen LogP contribution in [0.2, 0.25) is 0 Å². The molecular formula is C11H14N2O2S2. The van der Waals surface area contributed by atoms with Gasteiger partial charge in [0, 0.05) is 16.1 Å². The second kappa shape index (κ2) is 6.77. The molecular weight excluding hydrogens is 256 g/mol. The van der Waals surface area contributed by atoms with Gasteiger partial charge in [0.05, 0.1) is 6.10 Å². The Morgan fingerprint density at radius 1 is 1.47 bits per heavy atom. The van der Waals surface area contributed by atoms with E-state index in [0.29, 0.717) is 28.3 Å². The molecule has 0 bridgehead atoms. The molecule has 2 unspecified atom stereocenters. The SMILES string of the molecule is N#CSc1ccc(N)c(C(O)C(O)CCS)c1. The third-order valence-corrected chi connectivity index (χ3v) is 3.17. The molecule has 0 spiro atoms. The van der Waals surface area contributed by atoms with E-state index in [2.05, 4.69) is 12.6 Å². The lowest BCUT2D eigenvalue weighted by atomic mass is 10.0. The molecule has 1 aromatic carbocycles. The molecule has 0 aliphatic rings. The van der Waals surface area contributed by atoms with Crippen molar-refractivity contribution in [2.75, 3.05) is 11.5 Å². The number of thiocyanates is 1. The summed E-state index contributed by atoms with van der Waals surface area (Å²) in [5, 5.41) is 30.1. The van der Waals surface area contributed by atoms with Crippen molar-refractivity contribution in [3.63, 3.8) is 0 Å². The zero-order valence-corrected chi connectivity index (χ0v) is 10.8. The predicted octanol–water partition coefficient (Wildman–Crippen LogP) is 1.56. The molecule has 1 aromatic rings. The number of nitrogens with two attached hydrogens (primary N) is 1. The lowest BCUT2D eigenvalue weighted by Crippen LogP contribution is -2.19. The molecule has 0 saturated carbocycles. The van der Waals surface area contributed by atoms with Gasteiger partial charge in [-0.2, -0.15) is 17.9 Å². The van der Waals surface area contributed by atoms with E-state index >= 15 is 0 Å². The second-order valence-electron chi connectivity index (χ2n) is 3.51. The van der Waals surface area contributed by atoms with Crippen LogP contribution in [-0.2, 0) is 0 Å². The first-order chi connectivity index (χ1) is 8.10. The van der Waals surface area contributed by atoms with Gasteiger partial charge >= 0.3 is 0 Å². The smallest absolute Gasteiger partial charge is 0.138 e. The minimum atomic E-state index is -1.05. The van der Waals surface area contributed by atoms with Crippen molar-refractivity contribution in [3.05, 3.63) is 23.8 Å². The lowest BCUT2D eigenvalue weighted by Gasteiger charge is -2.19. The van der Waals surface area contributed by atoms with Crippen molar-refractivity contribution < 1.29 is 10.2 Å². The second-order valence-corrected chi connectivity index (χ2v) is 4.81. The first kappa shape index (κ1) is 14.2. The summed E-state index contributed by atoms with van der Waals surface area (Å²) in [6.45, 7) is 0. The van der Waals surface area contributed by atoms with Crippen molar-refractivity contribution >= 4 is 30.1 Å². The van der Waals surface area contributed by atoms with E-state index in [-0.39, 0.29) is 0 Å². The molecule has 0 aliphatic carbocycles. The van der Waals surface area contributed by atoms with Crippen LogP contribution in [0.1, 0.15) is 18.1 Å². The Bertz CT molecular complexity index is 420. The van der Waals surface area contributed by atoms with Crippen molar-refractivity contribution in [1.29, 1.82) is 5.26 Å². The Morgan fingerprint density at radius 2 is 2.18 bits per heavy atom. The Kier molecular flexibility index (Phi) is 5.65. The summed E-state index contributed by atoms with van der Waals surface area (Å²) in [6, 6.07) is 4.94. The molecule has 0 radical (unpaired) electrons. The summed E-state index contributed by atoms with van der Waals surface area (Å²) >= 11 is 4.98. The number of thioether (sulfide) groups is 1. The van der Waals surface area contributed by atoms with Crippen LogP contribution in [0.4, 0.5) is 5.69 Å². The highest BCUT2D eigenvalue weighted by Gasteiger charge is 2.20. The van der Waals surface area contributed by atoms with Gasteiger partial charge in [-0.3, -0.25) is 0 Å². The number of aliphatic hydroxyl groups excluding tert-OH is 2. The van der Waals surface area contributed by atoms with Gasteiger partial charge in [0.1, 0.15) is 11.5 Å². The number of nitriles is 1. The van der Waals surface area contributed by atoms with Crippen LogP contribution >= 0.6 is 24.4 Å². The summed E-state index contributed by atoms with van der Waals surface area (Å²) < 4.78 is 0. The fourth-order valence-corrected chi connectivity index (χ4v) is 2.11. The highest BCUT2D eigenvalue weighted by molar-refractivity contribution is 8.03. The summed E-state index contributed by atoms with van der Waals surface area (Å²) in [6.07, 6.45) is -1.59. The number of rotatable bonds is 5. The number of aliphatic hydroxyl groups is 2. The molecule has 4 nitrogen and oxygen atoms in total. The standard InChI is InChI=1S/C11H14N2O2S2/c12-6-17-7-1-2-9(13)8(5-7)11(15)10(14)3-4-16/h1-2,5,10-11,14-16H,3-4,13H2. The zero-order valence-electron chi connectivity index (χ0n) is 9.08. The Labute approximate surface area is 110 Å². The number of anilines is 1. The third-order valence-electron chi connectivity index (χ3n) is 2.33. The van der Waals surface area contributed by atoms with Crippen molar-refractivity contribution in [1.82, 2.24) is 0 Å². The van der Waals surface area contributed by atoms with Crippen LogP contribution in [0.25, 0.3) is 0 Å². The van der Waals surface area contributed by atoms with Gasteiger partial charge in [-0.1, -0.05) is 0 Å². The van der Waals surface area contributed by atoms with E-state index < -0.39 is 12.2 Å². The van der Waals surface area contributed by atoms with Gasteiger partial charge in [0.25, 0.3) is 0 Å². The van der Waals surface area contributed by atoms with Crippen LogP contribution in [0.15, 0.2) is 23.1 Å². The molecule has 0 fully saturated rings. The molecule has 0 amide bonds. The summed E-state index contributed by atoms with van der Waals surface area (Å²) in [5.41, 5.74) is 6.58. The van der Waals surface area contributed by atoms with Gasteiger partial charge in [-0.15, -0.1) is 0 Å². The van der Waals surface area contributed by atoms with E-state index in [9.17, 15) is 10.2 Å². The molecule has 4 N–H and O–H groups in total. The topological polar surface area (TPSA) is 90.3 Å². The maximum atomic E-state index is 9.94. The Balaban J connectivity index is 2.95. The normalized spacial score (nSPS) is 14.0. The third kappa shape index (κ3) is 3.82. The van der Waals surface area contributed by atoms with Gasteiger partial charge in [0.2, 0.25) is 0 Å². The van der Waals surface area contributed by atoms with Gasteiger partial charge in [-0.05, 0) is 42.1 Å². The molecule has 2 atom stereocenters. The van der Waals surface area contributed by atoms with E-state index in [1.807, 2.05) is 5.40 Å². The molecule has 0 saturated heterocycles. The van der Waals surface area contributed by atoms with Crippen LogP contribution in [0.3, 0.4) is 0 Å². The van der Waals surface area contributed by atoms with E-state index in [1.165, 1.54) is 0 Å². The van der Waals surface area contributed by atoms with Crippen molar-refractivity contribution in [2.45, 2.75) is 23.5 Å². The largest absolute Gasteiger partial charge is 0.398 e. The highest BCUT2D eigenvalue weighted by atomic mass is 32.2. The average Bonchev–Trinajstić information content (AvgIpc) is 2.31. The summed E-state index contributed by atoms with van der Waals surface area (Å²) in [5.74, 6) is 0.477. The molecule has 0 aromatic heterocycles. The first-order valence-electron chi connectivity index (χ1n) is 5.02. The average molecular weight is 270 g/mol. The first-order valence-corrected chi connectivity index (χ1v) is 6.47. The minimum absolute atomic E-state index is 0.374. The van der Waals surface area contributed by atoms with Gasteiger partial charge in [-0.25, -0.2) is 0 Å². The van der Waals surface area contributed by atoms with E-state index in [1.54, 1.807) is 18.2 Å². The number of nitrogens with zero attached hydrogens (tertiary/aromatic N) is 1. The van der Waals surface area contributed by atoms with Crippen LogP contribution in [0.5, 0.6) is 0 Å². The number of hydrogen-bond donors (Lipinski definition) is 4. The number of nitrogen functional groups attached to an aromatic ring is 1. The minimum Gasteiger partial charge on any atom is -0.398 e. The molecule has 6 heteroatoms. The fraction of sp³-hybridized carbons (Fsp3) is 0.364. The molecule has 1 rings (SSSR count). The lowest BCUT2D eigenvalue weighted by molar-refractivity contribution is 0.0175. The molecule has 0 aliphatic heterocycles. The maximum absolute atomic E-state index is 9.94. The summed E-state index contributed by atoms with van der Waals surface area (Å²) in [4.78, 5) is 0.689. The van der Waals surface area contributed by atoms with Gasteiger partial charge in [0.15, 0.2) is 0 Å². The summed E-state index contributed by atoms with van der Waals surface area (Å²) in [7, 11) is 0. The van der Waals surface area contributed by atoms with Crippen LogP contribution < -0.4 is 5.73 Å². The molecule has 92 valence electrons. The predicted molar refractivity (Wildman–Crippen MR) is 71.8 cm³/mol. The Morgan fingerprint density at radius 3 is 2.76 bits per heavy atom. The quantitative estimate of drug-likeness (QED) is 0.282. The number of benzene rings is 1. The van der Waals surface area contributed by atoms with Crippen molar-refractivity contribution in [2.24, 2.45) is 0 Å². The molecule has 0 heterocycles. The monoisotopic (exact) mass is 270 g/mol. The van der Waals surface area contributed by atoms with Crippen molar-refractivity contribution in [3.8, 4) is 5.40 Å². The number of thiol groups is 1. The molecule has 17 heavy (non-hydrogen) atoms. The highest BCUT2D eigenvalue weighted by Crippen LogP contribution is 2.29. The van der Waals surface area contributed by atoms with Gasteiger partial charge < -0.3 is 15.9 Å². The van der Waals surface area contributed by atoms with Crippen LogP contribution in [-0.4, -0.2) is 22.1 Å². The van der Waals surface area contributed by atoms with E-state index in [4.69, 9.17) is 11.0 Å². The Hall–Kier alpha value is -0.870. The maximum Gasteiger partial charge on any atom is 0.138 e.